The smallest absolute Gasteiger partial charge is 0.133 e. The third kappa shape index (κ3) is 3.22. The van der Waals surface area contributed by atoms with Gasteiger partial charge in [0.1, 0.15) is 5.82 Å². The van der Waals surface area contributed by atoms with Gasteiger partial charge >= 0.3 is 0 Å². The number of nitrogens with two attached hydrogens (primary N) is 1. The lowest BCUT2D eigenvalue weighted by molar-refractivity contribution is 0.361. The summed E-state index contributed by atoms with van der Waals surface area (Å²) in [6.45, 7) is 3.13. The molecule has 1 aliphatic rings. The largest absolute Gasteiger partial charge is 0.359 e. The molecule has 1 aromatic heterocycles. The summed E-state index contributed by atoms with van der Waals surface area (Å²) in [4.78, 5) is 6.80. The van der Waals surface area contributed by atoms with E-state index >= 15 is 0 Å². The van der Waals surface area contributed by atoms with Gasteiger partial charge in [-0.15, -0.1) is 0 Å². The van der Waals surface area contributed by atoms with Crippen LogP contribution in [0.3, 0.4) is 0 Å². The van der Waals surface area contributed by atoms with Gasteiger partial charge in [0.25, 0.3) is 0 Å². The summed E-state index contributed by atoms with van der Waals surface area (Å²) in [5.74, 6) is 1.88. The lowest BCUT2D eigenvalue weighted by Crippen LogP contribution is -2.29. The number of aromatic nitrogens is 1. The maximum Gasteiger partial charge on any atom is 0.133 e. The van der Waals surface area contributed by atoms with Crippen molar-refractivity contribution in [3.05, 3.63) is 23.9 Å². The molecule has 0 aromatic carbocycles. The molecule has 2 rings (SSSR count). The molecule has 3 nitrogen and oxygen atoms in total. The minimum Gasteiger partial charge on any atom is -0.359 e. The van der Waals surface area contributed by atoms with Crippen molar-refractivity contribution >= 4 is 5.82 Å². The first-order chi connectivity index (χ1) is 8.68. The molecule has 0 spiro atoms. The Hall–Kier alpha value is -1.09. The number of pyridine rings is 1. The van der Waals surface area contributed by atoms with Crippen molar-refractivity contribution in [3.8, 4) is 0 Å². The van der Waals surface area contributed by atoms with E-state index in [1.165, 1.54) is 32.1 Å². The predicted molar refractivity (Wildman–Crippen MR) is 76.7 cm³/mol. The summed E-state index contributed by atoms with van der Waals surface area (Å²) in [7, 11) is 2.14. The zero-order valence-corrected chi connectivity index (χ0v) is 11.6. The molecule has 0 saturated heterocycles. The maximum atomic E-state index is 6.02. The number of hydrogen-bond donors (Lipinski definition) is 1. The van der Waals surface area contributed by atoms with Crippen molar-refractivity contribution in [3.63, 3.8) is 0 Å². The third-order valence-electron chi connectivity index (χ3n) is 3.93. The summed E-state index contributed by atoms with van der Waals surface area (Å²) < 4.78 is 0. The van der Waals surface area contributed by atoms with Gasteiger partial charge in [-0.2, -0.15) is 0 Å². The van der Waals surface area contributed by atoms with Crippen molar-refractivity contribution < 1.29 is 0 Å². The fraction of sp³-hybridized carbons (Fsp3) is 0.667. The summed E-state index contributed by atoms with van der Waals surface area (Å²) >= 11 is 0. The van der Waals surface area contributed by atoms with Crippen molar-refractivity contribution in [2.45, 2.75) is 45.1 Å². The predicted octanol–water partition coefficient (Wildman–Crippen LogP) is 3.12. The van der Waals surface area contributed by atoms with Crippen LogP contribution in [0.25, 0.3) is 0 Å². The molecule has 1 aliphatic carbocycles. The van der Waals surface area contributed by atoms with E-state index in [0.29, 0.717) is 0 Å². The van der Waals surface area contributed by atoms with Crippen LogP contribution in [-0.2, 0) is 0 Å². The number of anilines is 1. The first kappa shape index (κ1) is 13.3. The van der Waals surface area contributed by atoms with Crippen LogP contribution in [0, 0.1) is 5.92 Å². The van der Waals surface area contributed by atoms with E-state index in [-0.39, 0.29) is 6.04 Å². The second kappa shape index (κ2) is 6.19. The van der Waals surface area contributed by atoms with E-state index in [4.69, 9.17) is 5.73 Å². The van der Waals surface area contributed by atoms with E-state index in [1.807, 2.05) is 19.2 Å². The van der Waals surface area contributed by atoms with Gasteiger partial charge in [0.05, 0.1) is 0 Å². The van der Waals surface area contributed by atoms with Crippen LogP contribution >= 0.6 is 0 Å². The molecule has 100 valence electrons. The molecule has 0 bridgehead atoms. The zero-order valence-electron chi connectivity index (χ0n) is 11.6. The minimum atomic E-state index is 0.0440. The van der Waals surface area contributed by atoms with Gasteiger partial charge in [-0.05, 0) is 31.7 Å². The molecule has 1 atom stereocenters. The Kier molecular flexibility index (Phi) is 4.59. The lowest BCUT2D eigenvalue weighted by Gasteiger charge is -2.29. The van der Waals surface area contributed by atoms with Crippen LogP contribution in [-0.4, -0.2) is 18.6 Å². The molecule has 1 saturated carbocycles. The van der Waals surface area contributed by atoms with Crippen LogP contribution in [0.2, 0.25) is 0 Å². The van der Waals surface area contributed by atoms with E-state index in [0.717, 1.165) is 23.8 Å². The Balaban J connectivity index is 2.05. The molecule has 1 aromatic rings. The van der Waals surface area contributed by atoms with Crippen molar-refractivity contribution in [2.75, 3.05) is 18.5 Å². The van der Waals surface area contributed by atoms with E-state index < -0.39 is 0 Å². The molecular formula is C15H25N3. The van der Waals surface area contributed by atoms with Gasteiger partial charge in [0.15, 0.2) is 0 Å². The van der Waals surface area contributed by atoms with Crippen LogP contribution in [0.5, 0.6) is 0 Å². The molecule has 3 heteroatoms. The standard InChI is InChI=1S/C15H25N3/c1-12(16)14-9-6-10-17-15(14)18(2)11-13-7-4-3-5-8-13/h6,9-10,12-13H,3-5,7-8,11,16H2,1-2H3/t12-/m0/s1. The molecule has 2 N–H and O–H groups in total. The second-order valence-corrected chi connectivity index (χ2v) is 5.59. The Morgan fingerprint density at radius 2 is 2.11 bits per heavy atom. The van der Waals surface area contributed by atoms with Gasteiger partial charge in [-0.25, -0.2) is 4.98 Å². The highest BCUT2D eigenvalue weighted by atomic mass is 15.2. The molecule has 0 unspecified atom stereocenters. The molecule has 0 amide bonds. The number of nitrogens with zero attached hydrogens (tertiary/aromatic N) is 2. The van der Waals surface area contributed by atoms with Crippen LogP contribution in [0.4, 0.5) is 5.82 Å². The number of rotatable bonds is 4. The molecule has 1 fully saturated rings. The molecule has 0 radical (unpaired) electrons. The Labute approximate surface area is 110 Å². The first-order valence-electron chi connectivity index (χ1n) is 7.10. The minimum absolute atomic E-state index is 0.0440. The molecule has 0 aliphatic heterocycles. The SMILES string of the molecule is C[C@H](N)c1cccnc1N(C)CC1CCCCC1. The van der Waals surface area contributed by atoms with E-state index in [2.05, 4.69) is 23.0 Å². The second-order valence-electron chi connectivity index (χ2n) is 5.59. The average molecular weight is 247 g/mol. The van der Waals surface area contributed by atoms with Crippen LogP contribution in [0.1, 0.15) is 50.6 Å². The topological polar surface area (TPSA) is 42.1 Å². The fourth-order valence-corrected chi connectivity index (χ4v) is 2.93. The average Bonchev–Trinajstić information content (AvgIpc) is 2.40. The summed E-state index contributed by atoms with van der Waals surface area (Å²) in [5, 5.41) is 0. The van der Waals surface area contributed by atoms with Gasteiger partial charge in [0.2, 0.25) is 0 Å². The quantitative estimate of drug-likeness (QED) is 0.889. The van der Waals surface area contributed by atoms with Gasteiger partial charge in [-0.1, -0.05) is 25.3 Å². The van der Waals surface area contributed by atoms with Crippen molar-refractivity contribution in [1.82, 2.24) is 4.98 Å². The molecular weight excluding hydrogens is 222 g/mol. The fourth-order valence-electron chi connectivity index (χ4n) is 2.93. The van der Waals surface area contributed by atoms with Crippen LogP contribution in [0.15, 0.2) is 18.3 Å². The van der Waals surface area contributed by atoms with Crippen LogP contribution < -0.4 is 10.6 Å². The Morgan fingerprint density at radius 3 is 2.78 bits per heavy atom. The highest BCUT2D eigenvalue weighted by Crippen LogP contribution is 2.27. The van der Waals surface area contributed by atoms with Crippen molar-refractivity contribution in [1.29, 1.82) is 0 Å². The summed E-state index contributed by atoms with van der Waals surface area (Å²) in [5.41, 5.74) is 7.17. The zero-order chi connectivity index (χ0) is 13.0. The summed E-state index contributed by atoms with van der Waals surface area (Å²) in [6.07, 6.45) is 8.78. The molecule has 18 heavy (non-hydrogen) atoms. The van der Waals surface area contributed by atoms with Crippen molar-refractivity contribution in [2.24, 2.45) is 11.7 Å². The van der Waals surface area contributed by atoms with Gasteiger partial charge < -0.3 is 10.6 Å². The first-order valence-corrected chi connectivity index (χ1v) is 7.10. The van der Waals surface area contributed by atoms with Gasteiger partial charge in [-0.3, -0.25) is 0 Å². The molecule has 1 heterocycles. The maximum absolute atomic E-state index is 6.02. The Bertz CT molecular complexity index is 370. The van der Waals surface area contributed by atoms with E-state index in [9.17, 15) is 0 Å². The Morgan fingerprint density at radius 1 is 1.39 bits per heavy atom. The summed E-state index contributed by atoms with van der Waals surface area (Å²) in [6, 6.07) is 4.10. The monoisotopic (exact) mass is 247 g/mol. The normalized spacial score (nSPS) is 18.6. The number of hydrogen-bond acceptors (Lipinski definition) is 3. The highest BCUT2D eigenvalue weighted by molar-refractivity contribution is 5.47. The van der Waals surface area contributed by atoms with E-state index in [1.54, 1.807) is 0 Å². The third-order valence-corrected chi connectivity index (χ3v) is 3.93. The highest BCUT2D eigenvalue weighted by Gasteiger charge is 2.18. The van der Waals surface area contributed by atoms with Gasteiger partial charge in [0, 0.05) is 31.4 Å². The lowest BCUT2D eigenvalue weighted by atomic mass is 9.89.